The van der Waals surface area contributed by atoms with Crippen molar-refractivity contribution in [3.8, 4) is 0 Å². The van der Waals surface area contributed by atoms with E-state index < -0.39 is 0 Å². The van der Waals surface area contributed by atoms with Crippen LogP contribution in [0, 0.1) is 12.8 Å². The van der Waals surface area contributed by atoms with Gasteiger partial charge in [0.25, 0.3) is 0 Å². The first-order valence-corrected chi connectivity index (χ1v) is 7.35. The Kier molecular flexibility index (Phi) is 3.53. The third-order valence-corrected chi connectivity index (χ3v) is 4.23. The van der Waals surface area contributed by atoms with Crippen LogP contribution in [0.15, 0.2) is 36.5 Å². The van der Waals surface area contributed by atoms with Gasteiger partial charge >= 0.3 is 0 Å². The van der Waals surface area contributed by atoms with Gasteiger partial charge in [-0.2, -0.15) is 5.10 Å². The maximum atomic E-state index is 12.5. The summed E-state index contributed by atoms with van der Waals surface area (Å²) in [7, 11) is 3.79. The number of benzene rings is 1. The predicted molar refractivity (Wildman–Crippen MR) is 81.7 cm³/mol. The van der Waals surface area contributed by atoms with Crippen molar-refractivity contribution in [2.45, 2.75) is 25.8 Å². The highest BCUT2D eigenvalue weighted by Gasteiger charge is 2.45. The summed E-state index contributed by atoms with van der Waals surface area (Å²) in [5, 5.41) is 4.33. The molecule has 2 atom stereocenters. The highest BCUT2D eigenvalue weighted by atomic mass is 16.2. The van der Waals surface area contributed by atoms with E-state index in [1.807, 2.05) is 50.3 Å². The summed E-state index contributed by atoms with van der Waals surface area (Å²) in [5.74, 6) is 0.789. The summed E-state index contributed by atoms with van der Waals surface area (Å²) in [6.45, 7) is 2.62. The third kappa shape index (κ3) is 2.84. The molecule has 1 aromatic carbocycles. The molecule has 0 spiro atoms. The minimum atomic E-state index is 0.148. The van der Waals surface area contributed by atoms with E-state index in [0.717, 1.165) is 17.7 Å². The molecular weight excluding hydrogens is 262 g/mol. The van der Waals surface area contributed by atoms with Crippen LogP contribution in [0.5, 0.6) is 0 Å². The summed E-state index contributed by atoms with van der Waals surface area (Å²) in [6.07, 6.45) is 2.96. The standard InChI is InChI=1S/C17H21N3O/c1-12-14(11-20(3)18-12)10-19(2)17(21)16-9-15(16)13-7-5-4-6-8-13/h4-8,11,15-16H,9-10H2,1-3H3. The Morgan fingerprint density at radius 2 is 2.10 bits per heavy atom. The van der Waals surface area contributed by atoms with Gasteiger partial charge in [0.15, 0.2) is 0 Å². The normalized spacial score (nSPS) is 20.3. The number of carbonyl (C=O) groups is 1. The Morgan fingerprint density at radius 3 is 2.71 bits per heavy atom. The minimum Gasteiger partial charge on any atom is -0.341 e. The van der Waals surface area contributed by atoms with E-state index in [9.17, 15) is 4.79 Å². The van der Waals surface area contributed by atoms with E-state index in [-0.39, 0.29) is 11.8 Å². The molecule has 1 heterocycles. The van der Waals surface area contributed by atoms with E-state index in [1.165, 1.54) is 5.56 Å². The average Bonchev–Trinajstić information content (AvgIpc) is 3.20. The molecule has 1 aliphatic carbocycles. The van der Waals surface area contributed by atoms with Gasteiger partial charge in [-0.15, -0.1) is 0 Å². The monoisotopic (exact) mass is 283 g/mol. The summed E-state index contributed by atoms with van der Waals surface area (Å²) in [6, 6.07) is 10.3. The lowest BCUT2D eigenvalue weighted by molar-refractivity contribution is -0.131. The van der Waals surface area contributed by atoms with Gasteiger partial charge in [0.05, 0.1) is 5.69 Å². The highest BCUT2D eigenvalue weighted by molar-refractivity contribution is 5.82. The van der Waals surface area contributed by atoms with Crippen molar-refractivity contribution in [3.05, 3.63) is 53.3 Å². The molecule has 1 fully saturated rings. The average molecular weight is 283 g/mol. The van der Waals surface area contributed by atoms with Crippen LogP contribution in [-0.4, -0.2) is 27.6 Å². The Labute approximate surface area is 125 Å². The molecule has 21 heavy (non-hydrogen) atoms. The fraction of sp³-hybridized carbons (Fsp3) is 0.412. The maximum Gasteiger partial charge on any atom is 0.226 e. The number of aromatic nitrogens is 2. The van der Waals surface area contributed by atoms with E-state index in [4.69, 9.17) is 0 Å². The van der Waals surface area contributed by atoms with Crippen LogP contribution in [0.1, 0.15) is 29.2 Å². The molecule has 2 unspecified atom stereocenters. The van der Waals surface area contributed by atoms with Crippen LogP contribution < -0.4 is 0 Å². The Bertz CT molecular complexity index is 647. The Hall–Kier alpha value is -2.10. The van der Waals surface area contributed by atoms with Crippen molar-refractivity contribution in [1.29, 1.82) is 0 Å². The van der Waals surface area contributed by atoms with Crippen LogP contribution in [0.25, 0.3) is 0 Å². The maximum absolute atomic E-state index is 12.5. The number of carbonyl (C=O) groups excluding carboxylic acids is 1. The van der Waals surface area contributed by atoms with Gasteiger partial charge in [0, 0.05) is 38.3 Å². The number of hydrogen-bond donors (Lipinski definition) is 0. The van der Waals surface area contributed by atoms with Crippen LogP contribution in [-0.2, 0) is 18.4 Å². The van der Waals surface area contributed by atoms with Crippen molar-refractivity contribution in [2.24, 2.45) is 13.0 Å². The SMILES string of the molecule is Cc1nn(C)cc1CN(C)C(=O)C1CC1c1ccccc1. The number of aryl methyl sites for hydroxylation is 2. The molecule has 110 valence electrons. The second-order valence-corrected chi connectivity index (χ2v) is 5.97. The number of hydrogen-bond acceptors (Lipinski definition) is 2. The zero-order chi connectivity index (χ0) is 15.0. The van der Waals surface area contributed by atoms with E-state index in [0.29, 0.717) is 12.5 Å². The van der Waals surface area contributed by atoms with E-state index >= 15 is 0 Å². The first-order valence-electron chi connectivity index (χ1n) is 7.35. The molecule has 0 saturated heterocycles. The van der Waals surface area contributed by atoms with Crippen molar-refractivity contribution in [2.75, 3.05) is 7.05 Å². The van der Waals surface area contributed by atoms with Crippen molar-refractivity contribution >= 4 is 5.91 Å². The number of amides is 1. The smallest absolute Gasteiger partial charge is 0.226 e. The van der Waals surface area contributed by atoms with Crippen molar-refractivity contribution in [1.82, 2.24) is 14.7 Å². The second kappa shape index (κ2) is 5.35. The second-order valence-electron chi connectivity index (χ2n) is 5.97. The molecule has 0 aliphatic heterocycles. The summed E-state index contributed by atoms with van der Waals surface area (Å²) in [4.78, 5) is 14.3. The molecule has 0 bridgehead atoms. The molecule has 2 aromatic rings. The van der Waals surface area contributed by atoms with Gasteiger partial charge in [0.2, 0.25) is 5.91 Å². The summed E-state index contributed by atoms with van der Waals surface area (Å²) in [5.41, 5.74) is 3.39. The zero-order valence-electron chi connectivity index (χ0n) is 12.8. The summed E-state index contributed by atoms with van der Waals surface area (Å²) < 4.78 is 1.80. The van der Waals surface area contributed by atoms with Crippen LogP contribution in [0.3, 0.4) is 0 Å². The molecule has 0 radical (unpaired) electrons. The fourth-order valence-corrected chi connectivity index (χ4v) is 2.96. The van der Waals surface area contributed by atoms with Gasteiger partial charge < -0.3 is 4.90 Å². The summed E-state index contributed by atoms with van der Waals surface area (Å²) >= 11 is 0. The Morgan fingerprint density at radius 1 is 1.38 bits per heavy atom. The Balaban J connectivity index is 1.63. The molecule has 1 saturated carbocycles. The lowest BCUT2D eigenvalue weighted by Crippen LogP contribution is -2.28. The lowest BCUT2D eigenvalue weighted by atomic mass is 10.1. The molecule has 1 amide bonds. The molecule has 4 nitrogen and oxygen atoms in total. The zero-order valence-corrected chi connectivity index (χ0v) is 12.8. The quantitative estimate of drug-likeness (QED) is 0.864. The number of nitrogens with zero attached hydrogens (tertiary/aromatic N) is 3. The topological polar surface area (TPSA) is 38.1 Å². The van der Waals surface area contributed by atoms with Crippen LogP contribution in [0.2, 0.25) is 0 Å². The molecule has 1 aromatic heterocycles. The molecule has 0 N–H and O–H groups in total. The van der Waals surface area contributed by atoms with E-state index in [1.54, 1.807) is 4.68 Å². The molecule has 4 heteroatoms. The molecule has 1 aliphatic rings. The van der Waals surface area contributed by atoms with Crippen LogP contribution in [0.4, 0.5) is 0 Å². The number of rotatable bonds is 4. The minimum absolute atomic E-state index is 0.148. The first-order chi connectivity index (χ1) is 10.1. The first kappa shape index (κ1) is 13.9. The van der Waals surface area contributed by atoms with Gasteiger partial charge in [-0.3, -0.25) is 9.48 Å². The highest BCUT2D eigenvalue weighted by Crippen LogP contribution is 2.48. The molecule has 3 rings (SSSR count). The largest absolute Gasteiger partial charge is 0.341 e. The lowest BCUT2D eigenvalue weighted by Gasteiger charge is -2.17. The van der Waals surface area contributed by atoms with Gasteiger partial charge in [-0.05, 0) is 24.8 Å². The van der Waals surface area contributed by atoms with Crippen LogP contribution >= 0.6 is 0 Å². The van der Waals surface area contributed by atoms with E-state index in [2.05, 4.69) is 17.2 Å². The fourth-order valence-electron chi connectivity index (χ4n) is 2.96. The molecular formula is C17H21N3O. The third-order valence-electron chi connectivity index (χ3n) is 4.23. The van der Waals surface area contributed by atoms with Crippen molar-refractivity contribution in [3.63, 3.8) is 0 Å². The van der Waals surface area contributed by atoms with Gasteiger partial charge in [-0.25, -0.2) is 0 Å². The van der Waals surface area contributed by atoms with Gasteiger partial charge in [0.1, 0.15) is 0 Å². The van der Waals surface area contributed by atoms with Crippen molar-refractivity contribution < 1.29 is 4.79 Å². The van der Waals surface area contributed by atoms with Gasteiger partial charge in [-0.1, -0.05) is 30.3 Å². The predicted octanol–water partition coefficient (Wildman–Crippen LogP) is 2.49.